The molecule has 0 atom stereocenters. The number of rotatable bonds is 3. The van der Waals surface area contributed by atoms with Gasteiger partial charge in [-0.15, -0.1) is 0 Å². The second kappa shape index (κ2) is 4.71. The fraction of sp³-hybridized carbons (Fsp3) is 0.308. The molecule has 0 heterocycles. The van der Waals surface area contributed by atoms with E-state index in [2.05, 4.69) is 5.32 Å². The van der Waals surface area contributed by atoms with Crippen LogP contribution in [0, 0.1) is 0 Å². The van der Waals surface area contributed by atoms with Gasteiger partial charge in [-0.25, -0.2) is 0 Å². The first-order valence-corrected chi connectivity index (χ1v) is 5.78. The summed E-state index contributed by atoms with van der Waals surface area (Å²) < 4.78 is 0. The van der Waals surface area contributed by atoms with E-state index in [-0.39, 0.29) is 5.91 Å². The van der Waals surface area contributed by atoms with Crippen molar-refractivity contribution >= 4 is 23.1 Å². The van der Waals surface area contributed by atoms with E-state index in [4.69, 9.17) is 11.6 Å². The molecular weight excluding hydrogens is 222 g/mol. The Morgan fingerprint density at radius 2 is 2.12 bits per heavy atom. The Morgan fingerprint density at radius 3 is 2.75 bits per heavy atom. The van der Waals surface area contributed by atoms with Crippen molar-refractivity contribution in [2.24, 2.45) is 0 Å². The third-order valence-electron chi connectivity index (χ3n) is 2.57. The zero-order valence-corrected chi connectivity index (χ0v) is 9.92. The van der Waals surface area contributed by atoms with Crippen molar-refractivity contribution < 1.29 is 4.79 Å². The van der Waals surface area contributed by atoms with Crippen molar-refractivity contribution in [1.82, 2.24) is 5.32 Å². The molecule has 84 valence electrons. The number of halogens is 1. The molecule has 1 aliphatic rings. The smallest absolute Gasteiger partial charge is 0.244 e. The lowest BCUT2D eigenvalue weighted by Gasteiger charge is -2.04. The van der Waals surface area contributed by atoms with Gasteiger partial charge in [0.2, 0.25) is 5.91 Å². The molecule has 0 aliphatic heterocycles. The quantitative estimate of drug-likeness (QED) is 0.802. The maximum atomic E-state index is 11.6. The Labute approximate surface area is 100 Å². The van der Waals surface area contributed by atoms with E-state index >= 15 is 0 Å². The first kappa shape index (κ1) is 11.2. The van der Waals surface area contributed by atoms with Gasteiger partial charge in [0.1, 0.15) is 0 Å². The van der Waals surface area contributed by atoms with Crippen LogP contribution in [0.1, 0.15) is 25.3 Å². The van der Waals surface area contributed by atoms with Crippen LogP contribution in [-0.4, -0.2) is 11.9 Å². The number of amides is 1. The lowest BCUT2D eigenvalue weighted by molar-refractivity contribution is -0.116. The molecule has 0 unspecified atom stereocenters. The van der Waals surface area contributed by atoms with Crippen LogP contribution in [-0.2, 0) is 4.79 Å². The summed E-state index contributed by atoms with van der Waals surface area (Å²) in [6, 6.07) is 7.93. The zero-order chi connectivity index (χ0) is 11.5. The highest BCUT2D eigenvalue weighted by Crippen LogP contribution is 2.23. The molecule has 0 aromatic heterocycles. The highest BCUT2D eigenvalue weighted by atomic mass is 35.5. The van der Waals surface area contributed by atoms with Crippen molar-refractivity contribution in [3.8, 4) is 0 Å². The van der Waals surface area contributed by atoms with Crippen LogP contribution in [0.5, 0.6) is 0 Å². The number of benzene rings is 1. The molecule has 1 aromatic rings. The summed E-state index contributed by atoms with van der Waals surface area (Å²) in [6.45, 7) is 1.90. The van der Waals surface area contributed by atoms with Crippen LogP contribution in [0.25, 0.3) is 5.57 Å². The fourth-order valence-corrected chi connectivity index (χ4v) is 1.81. The van der Waals surface area contributed by atoms with Gasteiger partial charge in [-0.05, 0) is 37.0 Å². The average molecular weight is 236 g/mol. The van der Waals surface area contributed by atoms with E-state index in [1.165, 1.54) is 0 Å². The summed E-state index contributed by atoms with van der Waals surface area (Å²) in [6.07, 6.45) is 3.81. The van der Waals surface area contributed by atoms with Crippen LogP contribution < -0.4 is 5.32 Å². The highest BCUT2D eigenvalue weighted by molar-refractivity contribution is 6.32. The molecule has 1 N–H and O–H groups in total. The predicted octanol–water partition coefficient (Wildman–Crippen LogP) is 3.02. The van der Waals surface area contributed by atoms with E-state index in [0.29, 0.717) is 11.1 Å². The van der Waals surface area contributed by atoms with Crippen molar-refractivity contribution in [1.29, 1.82) is 0 Å². The molecule has 1 saturated carbocycles. The Morgan fingerprint density at radius 1 is 1.44 bits per heavy atom. The van der Waals surface area contributed by atoms with Crippen molar-refractivity contribution in [3.05, 3.63) is 40.9 Å². The monoisotopic (exact) mass is 235 g/mol. The van der Waals surface area contributed by atoms with Crippen LogP contribution in [0.4, 0.5) is 0 Å². The fourth-order valence-electron chi connectivity index (χ4n) is 1.53. The van der Waals surface area contributed by atoms with Gasteiger partial charge in [0.25, 0.3) is 0 Å². The molecule has 2 nitrogen and oxygen atoms in total. The molecular formula is C13H14ClNO. The van der Waals surface area contributed by atoms with Crippen LogP contribution >= 0.6 is 11.6 Å². The number of carbonyl (C=O) groups is 1. The van der Waals surface area contributed by atoms with Crippen molar-refractivity contribution in [3.63, 3.8) is 0 Å². The molecule has 3 heteroatoms. The Balaban J connectivity index is 2.10. The van der Waals surface area contributed by atoms with E-state index in [9.17, 15) is 4.79 Å². The predicted molar refractivity (Wildman–Crippen MR) is 66.3 cm³/mol. The average Bonchev–Trinajstić information content (AvgIpc) is 3.01. The third-order valence-corrected chi connectivity index (χ3v) is 2.90. The minimum Gasteiger partial charge on any atom is -0.350 e. The number of hydrogen-bond donors (Lipinski definition) is 1. The molecule has 1 amide bonds. The lowest BCUT2D eigenvalue weighted by Crippen LogP contribution is -2.23. The van der Waals surface area contributed by atoms with E-state index in [0.717, 1.165) is 24.0 Å². The number of allylic oxidation sites excluding steroid dienone is 1. The summed E-state index contributed by atoms with van der Waals surface area (Å²) in [5, 5.41) is 3.59. The van der Waals surface area contributed by atoms with Crippen LogP contribution in [0.15, 0.2) is 30.3 Å². The van der Waals surface area contributed by atoms with Crippen LogP contribution in [0.3, 0.4) is 0 Å². The third kappa shape index (κ3) is 2.86. The van der Waals surface area contributed by atoms with Gasteiger partial charge < -0.3 is 5.32 Å². The lowest BCUT2D eigenvalue weighted by atomic mass is 10.1. The Bertz CT molecular complexity index is 435. The minimum absolute atomic E-state index is 0.0279. The first-order valence-electron chi connectivity index (χ1n) is 5.40. The molecule has 1 fully saturated rings. The van der Waals surface area contributed by atoms with E-state index in [1.54, 1.807) is 6.08 Å². The van der Waals surface area contributed by atoms with E-state index in [1.807, 2.05) is 31.2 Å². The molecule has 0 radical (unpaired) electrons. The minimum atomic E-state index is -0.0279. The normalized spacial score (nSPS) is 16.0. The second-order valence-electron chi connectivity index (χ2n) is 4.09. The van der Waals surface area contributed by atoms with Gasteiger partial charge in [-0.2, -0.15) is 0 Å². The zero-order valence-electron chi connectivity index (χ0n) is 9.16. The SMILES string of the molecule is CC(=CC(=O)NC1CC1)c1ccccc1Cl. The number of carbonyl (C=O) groups excluding carboxylic acids is 1. The summed E-state index contributed by atoms with van der Waals surface area (Å²) in [5.41, 5.74) is 1.80. The summed E-state index contributed by atoms with van der Waals surface area (Å²) in [5.74, 6) is -0.0279. The summed E-state index contributed by atoms with van der Waals surface area (Å²) in [7, 11) is 0. The molecule has 0 bridgehead atoms. The topological polar surface area (TPSA) is 29.1 Å². The standard InChI is InChI=1S/C13H14ClNO/c1-9(8-13(16)15-10-6-7-10)11-4-2-3-5-12(11)14/h2-5,8,10H,6-7H2,1H3,(H,15,16). The molecule has 0 spiro atoms. The van der Waals surface area contributed by atoms with Crippen LogP contribution in [0.2, 0.25) is 5.02 Å². The van der Waals surface area contributed by atoms with Crippen molar-refractivity contribution in [2.45, 2.75) is 25.8 Å². The van der Waals surface area contributed by atoms with Gasteiger partial charge in [0.15, 0.2) is 0 Å². The van der Waals surface area contributed by atoms with Gasteiger partial charge in [-0.1, -0.05) is 29.8 Å². The van der Waals surface area contributed by atoms with Crippen molar-refractivity contribution in [2.75, 3.05) is 0 Å². The van der Waals surface area contributed by atoms with Gasteiger partial charge >= 0.3 is 0 Å². The maximum Gasteiger partial charge on any atom is 0.244 e. The highest BCUT2D eigenvalue weighted by Gasteiger charge is 2.22. The summed E-state index contributed by atoms with van der Waals surface area (Å²) in [4.78, 5) is 11.6. The van der Waals surface area contributed by atoms with Gasteiger partial charge in [0, 0.05) is 17.1 Å². The maximum absolute atomic E-state index is 11.6. The van der Waals surface area contributed by atoms with E-state index < -0.39 is 0 Å². The number of nitrogens with one attached hydrogen (secondary N) is 1. The molecule has 1 aromatic carbocycles. The molecule has 16 heavy (non-hydrogen) atoms. The Kier molecular flexibility index (Phi) is 3.30. The molecule has 2 rings (SSSR count). The number of hydrogen-bond acceptors (Lipinski definition) is 1. The second-order valence-corrected chi connectivity index (χ2v) is 4.50. The summed E-state index contributed by atoms with van der Waals surface area (Å²) >= 11 is 6.05. The molecule has 0 saturated heterocycles. The Hall–Kier alpha value is -1.28. The first-order chi connectivity index (χ1) is 7.66. The van der Waals surface area contributed by atoms with Gasteiger partial charge in [-0.3, -0.25) is 4.79 Å². The molecule has 1 aliphatic carbocycles. The largest absolute Gasteiger partial charge is 0.350 e. The van der Waals surface area contributed by atoms with Gasteiger partial charge in [0.05, 0.1) is 0 Å².